The van der Waals surface area contributed by atoms with Gasteiger partial charge in [-0.3, -0.25) is 0 Å². The largest absolute Gasteiger partial charge is 0.389 e. The number of nitrogens with two attached hydrogens (primary N) is 1. The van der Waals surface area contributed by atoms with Crippen molar-refractivity contribution in [1.29, 1.82) is 0 Å². The van der Waals surface area contributed by atoms with E-state index in [1.807, 2.05) is 19.1 Å². The van der Waals surface area contributed by atoms with Gasteiger partial charge < -0.3 is 15.8 Å². The molecule has 1 aromatic rings. The Morgan fingerprint density at radius 3 is 2.79 bits per heavy atom. The van der Waals surface area contributed by atoms with Crippen molar-refractivity contribution < 1.29 is 4.74 Å². The second kappa shape index (κ2) is 8.07. The van der Waals surface area contributed by atoms with Crippen LogP contribution < -0.4 is 11.1 Å². The van der Waals surface area contributed by atoms with Crippen LogP contribution >= 0.6 is 12.2 Å². The maximum Gasteiger partial charge on any atom is 0.136 e. The first-order valence-corrected chi connectivity index (χ1v) is 7.00. The summed E-state index contributed by atoms with van der Waals surface area (Å²) in [5, 5.41) is 3.22. The van der Waals surface area contributed by atoms with Gasteiger partial charge in [-0.05, 0) is 31.4 Å². The normalized spacial score (nSPS) is 10.7. The number of pyridine rings is 1. The quantitative estimate of drug-likeness (QED) is 0.566. The molecule has 0 spiro atoms. The summed E-state index contributed by atoms with van der Waals surface area (Å²) in [6.45, 7) is 8.46. The van der Waals surface area contributed by atoms with Gasteiger partial charge >= 0.3 is 0 Å². The van der Waals surface area contributed by atoms with Gasteiger partial charge in [0.2, 0.25) is 0 Å². The average molecular weight is 281 g/mol. The van der Waals surface area contributed by atoms with E-state index in [1.165, 1.54) is 0 Å². The highest BCUT2D eigenvalue weighted by Crippen LogP contribution is 2.13. The van der Waals surface area contributed by atoms with Gasteiger partial charge in [-0.15, -0.1) is 0 Å². The Morgan fingerprint density at radius 1 is 1.42 bits per heavy atom. The summed E-state index contributed by atoms with van der Waals surface area (Å²) >= 11 is 5.01. The highest BCUT2D eigenvalue weighted by atomic mass is 32.1. The molecule has 0 aliphatic heterocycles. The molecule has 0 amide bonds. The molecule has 0 atom stereocenters. The number of nitrogens with one attached hydrogen (secondary N) is 1. The lowest BCUT2D eigenvalue weighted by atomic mass is 10.1. The third-order valence-corrected chi connectivity index (χ3v) is 2.90. The Morgan fingerprint density at radius 2 is 2.16 bits per heavy atom. The average Bonchev–Trinajstić information content (AvgIpc) is 2.33. The van der Waals surface area contributed by atoms with E-state index in [2.05, 4.69) is 24.1 Å². The fraction of sp³-hybridized carbons (Fsp3) is 0.571. The topological polar surface area (TPSA) is 60.2 Å². The number of anilines is 1. The fourth-order valence-electron chi connectivity index (χ4n) is 1.55. The molecule has 4 nitrogen and oxygen atoms in total. The van der Waals surface area contributed by atoms with Crippen LogP contribution in [0, 0.1) is 12.8 Å². The smallest absolute Gasteiger partial charge is 0.136 e. The zero-order valence-electron chi connectivity index (χ0n) is 11.9. The number of aryl methyl sites for hydroxylation is 1. The van der Waals surface area contributed by atoms with Gasteiger partial charge in [0.1, 0.15) is 10.8 Å². The van der Waals surface area contributed by atoms with E-state index >= 15 is 0 Å². The van der Waals surface area contributed by atoms with Crippen molar-refractivity contribution in [2.45, 2.75) is 27.2 Å². The molecule has 0 saturated heterocycles. The van der Waals surface area contributed by atoms with Crippen LogP contribution in [0.1, 0.15) is 31.5 Å². The Balaban J connectivity index is 2.40. The van der Waals surface area contributed by atoms with Crippen molar-refractivity contribution in [1.82, 2.24) is 4.98 Å². The van der Waals surface area contributed by atoms with Gasteiger partial charge in [-0.2, -0.15) is 0 Å². The molecule has 19 heavy (non-hydrogen) atoms. The monoisotopic (exact) mass is 281 g/mol. The molecule has 0 radical (unpaired) electrons. The molecule has 0 bridgehead atoms. The van der Waals surface area contributed by atoms with E-state index in [0.717, 1.165) is 30.1 Å². The van der Waals surface area contributed by atoms with Gasteiger partial charge in [0.25, 0.3) is 0 Å². The van der Waals surface area contributed by atoms with Crippen LogP contribution in [-0.2, 0) is 4.74 Å². The van der Waals surface area contributed by atoms with Crippen molar-refractivity contribution in [2.24, 2.45) is 11.7 Å². The summed E-state index contributed by atoms with van der Waals surface area (Å²) in [6.07, 6.45) is 1.08. The molecule has 0 saturated carbocycles. The minimum absolute atomic E-state index is 0.357. The molecular weight excluding hydrogens is 258 g/mol. The zero-order chi connectivity index (χ0) is 14.3. The van der Waals surface area contributed by atoms with Crippen LogP contribution in [0.2, 0.25) is 0 Å². The molecule has 0 unspecified atom stereocenters. The van der Waals surface area contributed by atoms with Crippen LogP contribution in [0.4, 0.5) is 5.82 Å². The van der Waals surface area contributed by atoms with E-state index in [0.29, 0.717) is 24.1 Å². The van der Waals surface area contributed by atoms with Crippen molar-refractivity contribution in [2.75, 3.05) is 25.1 Å². The number of thiocarbonyl (C=S) groups is 1. The molecular formula is C14H23N3OS. The van der Waals surface area contributed by atoms with E-state index < -0.39 is 0 Å². The van der Waals surface area contributed by atoms with Crippen LogP contribution in [0.5, 0.6) is 0 Å². The number of aromatic nitrogens is 1. The predicted octanol–water partition coefficient (Wildman–Crippen LogP) is 2.50. The standard InChI is InChI=1S/C14H23N3OS/c1-10(2)6-8-18-9-7-16-14-12(13(15)19)5-4-11(3)17-14/h4-5,10H,6-9H2,1-3H3,(H2,15,19)(H,16,17). The third kappa shape index (κ3) is 5.98. The van der Waals surface area contributed by atoms with Gasteiger partial charge in [-0.25, -0.2) is 4.98 Å². The summed E-state index contributed by atoms with van der Waals surface area (Å²) < 4.78 is 5.54. The Hall–Kier alpha value is -1.20. The van der Waals surface area contributed by atoms with Crippen LogP contribution in [0.15, 0.2) is 12.1 Å². The van der Waals surface area contributed by atoms with Crippen LogP contribution in [0.3, 0.4) is 0 Å². The minimum atomic E-state index is 0.357. The van der Waals surface area contributed by atoms with E-state index in [1.54, 1.807) is 0 Å². The minimum Gasteiger partial charge on any atom is -0.389 e. The summed E-state index contributed by atoms with van der Waals surface area (Å²) in [4.78, 5) is 4.76. The molecule has 0 aliphatic rings. The van der Waals surface area contributed by atoms with Crippen molar-refractivity contribution in [3.63, 3.8) is 0 Å². The maximum absolute atomic E-state index is 5.67. The number of rotatable bonds is 8. The second-order valence-electron chi connectivity index (χ2n) is 4.93. The molecule has 1 rings (SSSR count). The first-order chi connectivity index (χ1) is 9.00. The van der Waals surface area contributed by atoms with Crippen molar-refractivity contribution in [3.8, 4) is 0 Å². The Bertz CT molecular complexity index is 421. The van der Waals surface area contributed by atoms with Crippen LogP contribution in [-0.4, -0.2) is 29.7 Å². The Kier molecular flexibility index (Phi) is 6.73. The number of hydrogen-bond acceptors (Lipinski definition) is 4. The number of ether oxygens (including phenoxy) is 1. The highest BCUT2D eigenvalue weighted by Gasteiger charge is 2.06. The van der Waals surface area contributed by atoms with Crippen LogP contribution in [0.25, 0.3) is 0 Å². The number of nitrogens with zero attached hydrogens (tertiary/aromatic N) is 1. The lowest BCUT2D eigenvalue weighted by Gasteiger charge is -2.11. The molecule has 1 aromatic heterocycles. The van der Waals surface area contributed by atoms with Crippen molar-refractivity contribution in [3.05, 3.63) is 23.4 Å². The van der Waals surface area contributed by atoms with Gasteiger partial charge in [0, 0.05) is 18.8 Å². The lowest BCUT2D eigenvalue weighted by Crippen LogP contribution is -2.17. The maximum atomic E-state index is 5.67. The summed E-state index contributed by atoms with van der Waals surface area (Å²) in [7, 11) is 0. The second-order valence-corrected chi connectivity index (χ2v) is 5.37. The Labute approximate surface area is 120 Å². The molecule has 0 aliphatic carbocycles. The van der Waals surface area contributed by atoms with E-state index in [4.69, 9.17) is 22.7 Å². The highest BCUT2D eigenvalue weighted by molar-refractivity contribution is 7.80. The molecule has 0 aromatic carbocycles. The summed E-state index contributed by atoms with van der Waals surface area (Å²) in [5.74, 6) is 1.41. The van der Waals surface area contributed by atoms with Crippen molar-refractivity contribution >= 4 is 23.0 Å². The van der Waals surface area contributed by atoms with Gasteiger partial charge in [-0.1, -0.05) is 26.1 Å². The fourth-order valence-corrected chi connectivity index (χ4v) is 1.72. The first-order valence-electron chi connectivity index (χ1n) is 6.59. The number of hydrogen-bond donors (Lipinski definition) is 2. The predicted molar refractivity (Wildman–Crippen MR) is 83.6 cm³/mol. The first kappa shape index (κ1) is 15.9. The van der Waals surface area contributed by atoms with E-state index in [9.17, 15) is 0 Å². The van der Waals surface area contributed by atoms with Gasteiger partial charge in [0.15, 0.2) is 0 Å². The zero-order valence-corrected chi connectivity index (χ0v) is 12.7. The molecule has 5 heteroatoms. The van der Waals surface area contributed by atoms with Gasteiger partial charge in [0.05, 0.1) is 12.2 Å². The van der Waals surface area contributed by atoms with E-state index in [-0.39, 0.29) is 0 Å². The molecule has 1 heterocycles. The molecule has 106 valence electrons. The molecule has 3 N–H and O–H groups in total. The lowest BCUT2D eigenvalue weighted by molar-refractivity contribution is 0.132. The summed E-state index contributed by atoms with van der Waals surface area (Å²) in [6, 6.07) is 3.80. The molecule has 0 fully saturated rings. The third-order valence-electron chi connectivity index (χ3n) is 2.68. The SMILES string of the molecule is Cc1ccc(C(N)=S)c(NCCOCCC(C)C)n1. The summed E-state index contributed by atoms with van der Waals surface area (Å²) in [5.41, 5.74) is 7.38.